The number of thiophene rings is 1. The van der Waals surface area contributed by atoms with E-state index < -0.39 is 0 Å². The summed E-state index contributed by atoms with van der Waals surface area (Å²) in [5.41, 5.74) is 4.48. The minimum Gasteiger partial charge on any atom is -0.489 e. The van der Waals surface area contributed by atoms with Crippen molar-refractivity contribution in [1.82, 2.24) is 5.43 Å². The van der Waals surface area contributed by atoms with E-state index in [1.165, 1.54) is 11.3 Å². The van der Waals surface area contributed by atoms with E-state index in [1.54, 1.807) is 12.3 Å². The summed E-state index contributed by atoms with van der Waals surface area (Å²) in [6.07, 6.45) is 1.60. The first kappa shape index (κ1) is 17.4. The van der Waals surface area contributed by atoms with Crippen molar-refractivity contribution in [2.24, 2.45) is 5.10 Å². The quantitative estimate of drug-likeness (QED) is 0.462. The van der Waals surface area contributed by atoms with Crippen LogP contribution in [0.5, 0.6) is 5.75 Å². The highest BCUT2D eigenvalue weighted by Gasteiger charge is 2.03. The van der Waals surface area contributed by atoms with E-state index >= 15 is 0 Å². The lowest BCUT2D eigenvalue weighted by Crippen LogP contribution is -2.16. The number of hydrazone groups is 1. The number of nitrogens with one attached hydrogen (secondary N) is 1. The SMILES string of the molecule is O=C(N/N=C\c1ccc(OCc2ccc(Br)cc2)cc1)c1cccs1. The maximum atomic E-state index is 11.8. The molecule has 6 heteroatoms. The van der Waals surface area contributed by atoms with Crippen LogP contribution in [0.1, 0.15) is 20.8 Å². The van der Waals surface area contributed by atoms with Crippen molar-refractivity contribution in [1.29, 1.82) is 0 Å². The summed E-state index contributed by atoms with van der Waals surface area (Å²) in [6.45, 7) is 0.511. The molecule has 0 radical (unpaired) electrons. The number of hydrogen-bond acceptors (Lipinski definition) is 4. The van der Waals surface area contributed by atoms with Gasteiger partial charge < -0.3 is 4.74 Å². The van der Waals surface area contributed by atoms with Gasteiger partial charge in [0, 0.05) is 4.47 Å². The van der Waals surface area contributed by atoms with Crippen molar-refractivity contribution in [3.63, 3.8) is 0 Å². The molecule has 3 aromatic rings. The lowest BCUT2D eigenvalue weighted by atomic mass is 10.2. The van der Waals surface area contributed by atoms with Gasteiger partial charge in [-0.25, -0.2) is 5.43 Å². The van der Waals surface area contributed by atoms with Crippen LogP contribution in [0.3, 0.4) is 0 Å². The fourth-order valence-corrected chi connectivity index (χ4v) is 2.90. The van der Waals surface area contributed by atoms with E-state index in [-0.39, 0.29) is 5.91 Å². The highest BCUT2D eigenvalue weighted by molar-refractivity contribution is 9.10. The standard InChI is InChI=1S/C19H15BrN2O2S/c20-16-7-3-15(4-8-16)13-24-17-9-5-14(6-10-17)12-21-22-19(23)18-2-1-11-25-18/h1-12H,13H2,(H,22,23)/b21-12-. The van der Waals surface area contributed by atoms with Crippen molar-refractivity contribution in [3.05, 3.63) is 86.5 Å². The fraction of sp³-hybridized carbons (Fsp3) is 0.0526. The highest BCUT2D eigenvalue weighted by atomic mass is 79.9. The monoisotopic (exact) mass is 414 g/mol. The normalized spacial score (nSPS) is 10.8. The van der Waals surface area contributed by atoms with Crippen molar-refractivity contribution < 1.29 is 9.53 Å². The van der Waals surface area contributed by atoms with Crippen molar-refractivity contribution in [2.45, 2.75) is 6.61 Å². The Bertz CT molecular complexity index is 844. The Balaban J connectivity index is 1.50. The molecular formula is C19H15BrN2O2S. The van der Waals surface area contributed by atoms with E-state index in [9.17, 15) is 4.79 Å². The number of amides is 1. The molecule has 0 aliphatic carbocycles. The van der Waals surface area contributed by atoms with Gasteiger partial charge in [-0.1, -0.05) is 34.1 Å². The van der Waals surface area contributed by atoms with Gasteiger partial charge in [-0.2, -0.15) is 5.10 Å². The number of carbonyl (C=O) groups excluding carboxylic acids is 1. The van der Waals surface area contributed by atoms with E-state index in [1.807, 2.05) is 60.0 Å². The van der Waals surface area contributed by atoms with Gasteiger partial charge >= 0.3 is 0 Å². The fourth-order valence-electron chi connectivity index (χ4n) is 2.03. The zero-order valence-electron chi connectivity index (χ0n) is 13.2. The van der Waals surface area contributed by atoms with Gasteiger partial charge in [-0.05, 0) is 59.0 Å². The maximum Gasteiger partial charge on any atom is 0.281 e. The van der Waals surface area contributed by atoms with Crippen LogP contribution < -0.4 is 10.2 Å². The molecule has 126 valence electrons. The molecule has 0 saturated carbocycles. The van der Waals surface area contributed by atoms with Crippen molar-refractivity contribution >= 4 is 39.4 Å². The molecule has 2 aromatic carbocycles. The summed E-state index contributed by atoms with van der Waals surface area (Å²) in [5, 5.41) is 5.82. The molecule has 25 heavy (non-hydrogen) atoms. The molecule has 4 nitrogen and oxygen atoms in total. The van der Waals surface area contributed by atoms with Gasteiger partial charge in [-0.3, -0.25) is 4.79 Å². The van der Waals surface area contributed by atoms with E-state index in [4.69, 9.17) is 4.74 Å². The van der Waals surface area contributed by atoms with Crippen LogP contribution in [0.2, 0.25) is 0 Å². The molecule has 0 aliphatic rings. The summed E-state index contributed by atoms with van der Waals surface area (Å²) in [7, 11) is 0. The summed E-state index contributed by atoms with van der Waals surface area (Å²) < 4.78 is 6.80. The molecular weight excluding hydrogens is 400 g/mol. The highest BCUT2D eigenvalue weighted by Crippen LogP contribution is 2.15. The molecule has 0 aliphatic heterocycles. The lowest BCUT2D eigenvalue weighted by molar-refractivity contribution is 0.0959. The van der Waals surface area contributed by atoms with Crippen LogP contribution in [-0.4, -0.2) is 12.1 Å². The van der Waals surface area contributed by atoms with E-state index in [0.29, 0.717) is 11.5 Å². The predicted molar refractivity (Wildman–Crippen MR) is 104 cm³/mol. The van der Waals surface area contributed by atoms with Gasteiger partial charge in [0.15, 0.2) is 0 Å². The lowest BCUT2D eigenvalue weighted by Gasteiger charge is -2.06. The van der Waals surface area contributed by atoms with Gasteiger partial charge in [0.1, 0.15) is 12.4 Å². The minimum absolute atomic E-state index is 0.208. The van der Waals surface area contributed by atoms with Gasteiger partial charge in [-0.15, -0.1) is 11.3 Å². The molecule has 0 spiro atoms. The molecule has 0 saturated heterocycles. The van der Waals surface area contributed by atoms with Gasteiger partial charge in [0.25, 0.3) is 5.91 Å². The Morgan fingerprint density at radius 2 is 1.88 bits per heavy atom. The zero-order valence-corrected chi connectivity index (χ0v) is 15.6. The maximum absolute atomic E-state index is 11.8. The molecule has 1 aromatic heterocycles. The first-order chi connectivity index (χ1) is 12.2. The second-order valence-electron chi connectivity index (χ2n) is 5.16. The summed E-state index contributed by atoms with van der Waals surface area (Å²) in [4.78, 5) is 12.4. The first-order valence-corrected chi connectivity index (χ1v) is 9.22. The molecule has 3 rings (SSSR count). The first-order valence-electron chi connectivity index (χ1n) is 7.55. The Kier molecular flexibility index (Phi) is 5.98. The molecule has 0 atom stereocenters. The van der Waals surface area contributed by atoms with Crippen molar-refractivity contribution in [2.75, 3.05) is 0 Å². The number of carbonyl (C=O) groups is 1. The van der Waals surface area contributed by atoms with Gasteiger partial charge in [0.05, 0.1) is 11.1 Å². The number of nitrogens with zero attached hydrogens (tertiary/aromatic N) is 1. The largest absolute Gasteiger partial charge is 0.489 e. The van der Waals surface area contributed by atoms with Crippen LogP contribution in [0.25, 0.3) is 0 Å². The minimum atomic E-state index is -0.208. The number of halogens is 1. The third-order valence-electron chi connectivity index (χ3n) is 3.32. The van der Waals surface area contributed by atoms with Crippen LogP contribution in [0.15, 0.2) is 75.6 Å². The second kappa shape index (κ2) is 8.60. The van der Waals surface area contributed by atoms with Crippen LogP contribution in [-0.2, 0) is 6.61 Å². The third kappa shape index (κ3) is 5.27. The van der Waals surface area contributed by atoms with Crippen LogP contribution in [0, 0.1) is 0 Å². The Morgan fingerprint density at radius 3 is 2.56 bits per heavy atom. The number of benzene rings is 2. The summed E-state index contributed by atoms with van der Waals surface area (Å²) >= 11 is 4.79. The number of ether oxygens (including phenoxy) is 1. The molecule has 0 unspecified atom stereocenters. The molecule has 1 amide bonds. The molecule has 1 heterocycles. The Morgan fingerprint density at radius 1 is 1.12 bits per heavy atom. The van der Waals surface area contributed by atoms with Crippen LogP contribution in [0.4, 0.5) is 0 Å². The average Bonchev–Trinajstić information content (AvgIpc) is 3.17. The Labute approximate surface area is 158 Å². The molecule has 0 bridgehead atoms. The summed E-state index contributed by atoms with van der Waals surface area (Å²) in [5.74, 6) is 0.573. The van der Waals surface area contributed by atoms with E-state index in [2.05, 4.69) is 26.5 Å². The zero-order chi connectivity index (χ0) is 17.5. The predicted octanol–water partition coefficient (Wildman–Crippen LogP) is 4.85. The number of hydrogen-bond donors (Lipinski definition) is 1. The molecule has 0 fully saturated rings. The summed E-state index contributed by atoms with van der Waals surface area (Å²) in [6, 6.07) is 19.1. The third-order valence-corrected chi connectivity index (χ3v) is 4.72. The second-order valence-corrected chi connectivity index (χ2v) is 7.02. The van der Waals surface area contributed by atoms with Crippen molar-refractivity contribution in [3.8, 4) is 5.75 Å². The van der Waals surface area contributed by atoms with Crippen LogP contribution >= 0.6 is 27.3 Å². The number of rotatable bonds is 6. The average molecular weight is 415 g/mol. The topological polar surface area (TPSA) is 50.7 Å². The van der Waals surface area contributed by atoms with E-state index in [0.717, 1.165) is 21.3 Å². The molecule has 1 N–H and O–H groups in total. The van der Waals surface area contributed by atoms with Gasteiger partial charge in [0.2, 0.25) is 0 Å². The smallest absolute Gasteiger partial charge is 0.281 e. The Hall–Kier alpha value is -2.44.